The second kappa shape index (κ2) is 8.96. The molecule has 8 nitrogen and oxygen atoms in total. The van der Waals surface area contributed by atoms with Gasteiger partial charge in [0.1, 0.15) is 5.78 Å². The van der Waals surface area contributed by atoms with Crippen LogP contribution in [0, 0.1) is 16.7 Å². The lowest BCUT2D eigenvalue weighted by Crippen LogP contribution is -2.42. The average Bonchev–Trinajstić information content (AvgIpc) is 3.11. The van der Waals surface area contributed by atoms with Crippen molar-refractivity contribution in [2.75, 3.05) is 17.7 Å². The normalized spacial score (nSPS) is 27.0. The SMILES string of the molecule is CC1(C)C2CC[C@@]1(CS(=O)(=O)O)C(=O)C2.CN1C(=O)[C@@H](N)N=C(c2ccccc2)c2ccccc21. The second-order valence-corrected chi connectivity index (χ2v) is 11.5. The number of nitrogens with two attached hydrogens (primary N) is 1. The third-order valence-electron chi connectivity index (χ3n) is 7.99. The Morgan fingerprint density at radius 1 is 1.09 bits per heavy atom. The van der Waals surface area contributed by atoms with Gasteiger partial charge in [-0.3, -0.25) is 19.1 Å². The fraction of sp³-hybridized carbons (Fsp3) is 0.423. The molecule has 3 aliphatic rings. The largest absolute Gasteiger partial charge is 0.312 e. The predicted molar refractivity (Wildman–Crippen MR) is 135 cm³/mol. The molecule has 186 valence electrons. The maximum absolute atomic E-state index is 12.2. The molecular formula is C26H31N3O5S. The van der Waals surface area contributed by atoms with Crippen molar-refractivity contribution in [3.63, 3.8) is 0 Å². The first-order chi connectivity index (χ1) is 16.4. The lowest BCUT2D eigenvalue weighted by molar-refractivity contribution is -0.128. The minimum atomic E-state index is -4.08. The van der Waals surface area contributed by atoms with Crippen LogP contribution in [0.5, 0.6) is 0 Å². The number of amides is 1. The fourth-order valence-electron chi connectivity index (χ4n) is 5.79. The van der Waals surface area contributed by atoms with Crippen molar-refractivity contribution in [2.24, 2.45) is 27.5 Å². The van der Waals surface area contributed by atoms with E-state index in [4.69, 9.17) is 10.3 Å². The summed E-state index contributed by atoms with van der Waals surface area (Å²) in [6.07, 6.45) is 1.10. The minimum Gasteiger partial charge on any atom is -0.312 e. The highest BCUT2D eigenvalue weighted by molar-refractivity contribution is 7.85. The Kier molecular flexibility index (Phi) is 6.46. The highest BCUT2D eigenvalue weighted by Gasteiger charge is 2.65. The van der Waals surface area contributed by atoms with Gasteiger partial charge in [-0.1, -0.05) is 62.4 Å². The van der Waals surface area contributed by atoms with E-state index in [0.29, 0.717) is 12.8 Å². The van der Waals surface area contributed by atoms with Crippen molar-refractivity contribution < 1.29 is 22.6 Å². The van der Waals surface area contributed by atoms with Crippen molar-refractivity contribution in [2.45, 2.75) is 39.3 Å². The summed E-state index contributed by atoms with van der Waals surface area (Å²) in [6.45, 7) is 3.89. The molecule has 1 heterocycles. The van der Waals surface area contributed by atoms with Crippen LogP contribution < -0.4 is 10.6 Å². The summed E-state index contributed by atoms with van der Waals surface area (Å²) in [4.78, 5) is 30.0. The number of carbonyl (C=O) groups excluding carboxylic acids is 2. The Hall–Kier alpha value is -2.88. The summed E-state index contributed by atoms with van der Waals surface area (Å²) in [5, 5.41) is 0. The van der Waals surface area contributed by atoms with E-state index in [-0.39, 0.29) is 23.0 Å². The van der Waals surface area contributed by atoms with E-state index in [9.17, 15) is 18.0 Å². The monoisotopic (exact) mass is 497 g/mol. The molecule has 3 N–H and O–H groups in total. The van der Waals surface area contributed by atoms with Gasteiger partial charge in [-0.25, -0.2) is 0 Å². The van der Waals surface area contributed by atoms with Gasteiger partial charge in [0.15, 0.2) is 6.17 Å². The van der Waals surface area contributed by atoms with Gasteiger partial charge in [-0.05, 0) is 30.2 Å². The van der Waals surface area contributed by atoms with E-state index in [1.807, 2.05) is 68.4 Å². The van der Waals surface area contributed by atoms with Gasteiger partial charge in [0.25, 0.3) is 16.0 Å². The summed E-state index contributed by atoms with van der Waals surface area (Å²) in [6, 6.07) is 17.5. The molecule has 2 saturated carbocycles. The molecule has 2 aliphatic carbocycles. The van der Waals surface area contributed by atoms with E-state index in [1.165, 1.54) is 0 Å². The molecule has 1 amide bonds. The van der Waals surface area contributed by atoms with Gasteiger partial charge in [0.2, 0.25) is 0 Å². The summed E-state index contributed by atoms with van der Waals surface area (Å²) < 4.78 is 31.0. The number of fused-ring (bicyclic) bond motifs is 3. The van der Waals surface area contributed by atoms with Crippen LogP contribution in [0.3, 0.4) is 0 Å². The van der Waals surface area contributed by atoms with Gasteiger partial charge in [0, 0.05) is 24.6 Å². The standard InChI is InChI=1S/C16H15N3O.C10H16O4S/c1-19-13-10-6-5-9-12(13)14(18-15(17)16(19)20)11-7-3-2-4-8-11;1-9(2)7-3-4-10(9,8(11)5-7)6-15(12,13)14/h2-10,15H,17H2,1H3;7H,3-6H2,1-2H3,(H,12,13,14)/t15-;7?,10-/m01/s1. The molecule has 0 aromatic heterocycles. The van der Waals surface area contributed by atoms with Gasteiger partial charge < -0.3 is 10.6 Å². The number of benzene rings is 2. The highest BCUT2D eigenvalue weighted by atomic mass is 32.2. The predicted octanol–water partition coefficient (Wildman–Crippen LogP) is 3.05. The zero-order chi connectivity index (χ0) is 25.6. The van der Waals surface area contributed by atoms with Gasteiger partial charge in [-0.15, -0.1) is 0 Å². The van der Waals surface area contributed by atoms with Crippen LogP contribution in [0.4, 0.5) is 5.69 Å². The Bertz CT molecular complexity index is 1290. The molecule has 5 rings (SSSR count). The van der Waals surface area contributed by atoms with Crippen molar-refractivity contribution in [1.29, 1.82) is 0 Å². The van der Waals surface area contributed by atoms with Crippen molar-refractivity contribution in [3.8, 4) is 0 Å². The number of hydrogen-bond donors (Lipinski definition) is 2. The third-order valence-corrected chi connectivity index (χ3v) is 8.85. The lowest BCUT2D eigenvalue weighted by Gasteiger charge is -2.35. The zero-order valence-corrected chi connectivity index (χ0v) is 21.0. The first-order valence-electron chi connectivity index (χ1n) is 11.6. The Balaban J connectivity index is 0.000000172. The van der Waals surface area contributed by atoms with Crippen molar-refractivity contribution in [1.82, 2.24) is 0 Å². The number of para-hydroxylation sites is 1. The Labute approximate surface area is 206 Å². The molecule has 2 fully saturated rings. The molecule has 2 bridgehead atoms. The molecule has 0 radical (unpaired) electrons. The maximum Gasteiger partial charge on any atom is 0.266 e. The summed E-state index contributed by atoms with van der Waals surface area (Å²) in [5.41, 5.74) is 8.24. The zero-order valence-electron chi connectivity index (χ0n) is 20.1. The highest BCUT2D eigenvalue weighted by Crippen LogP contribution is 2.64. The molecule has 9 heteroatoms. The quantitative estimate of drug-likeness (QED) is 0.627. The Morgan fingerprint density at radius 2 is 1.71 bits per heavy atom. The lowest BCUT2D eigenvalue weighted by atomic mass is 9.70. The first-order valence-corrected chi connectivity index (χ1v) is 13.2. The van der Waals surface area contributed by atoms with E-state index >= 15 is 0 Å². The van der Waals surface area contributed by atoms with Gasteiger partial charge >= 0.3 is 0 Å². The topological polar surface area (TPSA) is 130 Å². The molecule has 35 heavy (non-hydrogen) atoms. The van der Waals surface area contributed by atoms with Crippen LogP contribution >= 0.6 is 0 Å². The molecule has 0 spiro atoms. The number of rotatable bonds is 3. The molecule has 1 unspecified atom stereocenters. The molecule has 1 aliphatic heterocycles. The smallest absolute Gasteiger partial charge is 0.266 e. The average molecular weight is 498 g/mol. The number of nitrogens with zero attached hydrogens (tertiary/aromatic N) is 2. The molecule has 2 aromatic carbocycles. The number of anilines is 1. The van der Waals surface area contributed by atoms with E-state index in [1.54, 1.807) is 11.9 Å². The summed E-state index contributed by atoms with van der Waals surface area (Å²) >= 11 is 0. The summed E-state index contributed by atoms with van der Waals surface area (Å²) in [7, 11) is -2.35. The van der Waals surface area contributed by atoms with Crippen LogP contribution in [-0.4, -0.2) is 49.3 Å². The number of carbonyl (C=O) groups is 2. The maximum atomic E-state index is 12.2. The van der Waals surface area contributed by atoms with Crippen LogP contribution in [0.1, 0.15) is 44.2 Å². The number of hydrogen-bond acceptors (Lipinski definition) is 6. The molecule has 0 saturated heterocycles. The van der Waals surface area contributed by atoms with E-state index < -0.39 is 27.5 Å². The fourth-order valence-corrected chi connectivity index (χ4v) is 7.09. The van der Waals surface area contributed by atoms with Crippen molar-refractivity contribution in [3.05, 3.63) is 65.7 Å². The number of ketones is 1. The van der Waals surface area contributed by atoms with Crippen LogP contribution in [0.2, 0.25) is 0 Å². The number of benzodiazepines with no additional fused rings is 1. The molecule has 3 atom stereocenters. The van der Waals surface area contributed by atoms with Crippen molar-refractivity contribution >= 4 is 33.2 Å². The van der Waals surface area contributed by atoms with Gasteiger partial charge in [0.05, 0.1) is 22.6 Å². The van der Waals surface area contributed by atoms with E-state index in [0.717, 1.165) is 28.9 Å². The molecular weight excluding hydrogens is 466 g/mol. The molecule has 2 aromatic rings. The third kappa shape index (κ3) is 4.44. The Morgan fingerprint density at radius 3 is 2.29 bits per heavy atom. The van der Waals surface area contributed by atoms with Crippen LogP contribution in [0.25, 0.3) is 0 Å². The number of likely N-dealkylation sites (N-methyl/N-ethyl adjacent to an activating group) is 1. The minimum absolute atomic E-state index is 0.0152. The first kappa shape index (κ1) is 25.2. The summed E-state index contributed by atoms with van der Waals surface area (Å²) in [5.74, 6) is -0.306. The van der Waals surface area contributed by atoms with Crippen LogP contribution in [-0.2, 0) is 19.7 Å². The van der Waals surface area contributed by atoms with Crippen LogP contribution in [0.15, 0.2) is 59.6 Å². The number of Topliss-reactive ketones (excluding diaryl/α,β-unsaturated/α-hetero) is 1. The number of aliphatic imine (C=N–C) groups is 1. The second-order valence-electron chi connectivity index (χ2n) is 10.1. The van der Waals surface area contributed by atoms with Gasteiger partial charge in [-0.2, -0.15) is 8.42 Å². The van der Waals surface area contributed by atoms with E-state index in [2.05, 4.69) is 4.99 Å².